The van der Waals surface area contributed by atoms with E-state index in [1.54, 1.807) is 0 Å². The quantitative estimate of drug-likeness (QED) is 0.508. The van der Waals surface area contributed by atoms with Gasteiger partial charge in [-0.15, -0.1) is 0 Å². The van der Waals surface area contributed by atoms with Crippen molar-refractivity contribution in [3.8, 4) is 0 Å². The van der Waals surface area contributed by atoms with Crippen LogP contribution in [0.2, 0.25) is 0 Å². The molecule has 1 unspecified atom stereocenters. The second kappa shape index (κ2) is 3.81. The van der Waals surface area contributed by atoms with Crippen LogP contribution in [0.1, 0.15) is 6.92 Å². The van der Waals surface area contributed by atoms with Crippen LogP contribution in [0.3, 0.4) is 0 Å². The van der Waals surface area contributed by atoms with E-state index in [1.165, 1.54) is 0 Å². The summed E-state index contributed by atoms with van der Waals surface area (Å²) in [5.74, 6) is 0.157. The highest BCUT2D eigenvalue weighted by molar-refractivity contribution is 5.52. The van der Waals surface area contributed by atoms with Crippen molar-refractivity contribution in [1.82, 2.24) is 5.32 Å². The van der Waals surface area contributed by atoms with Gasteiger partial charge in [0.2, 0.25) is 0 Å². The van der Waals surface area contributed by atoms with Crippen LogP contribution in [0.4, 0.5) is 0 Å². The molecule has 1 N–H and O–H groups in total. The predicted molar refractivity (Wildman–Crippen MR) is 29.2 cm³/mol. The van der Waals surface area contributed by atoms with Crippen LogP contribution in [0.15, 0.2) is 0 Å². The maximum absolute atomic E-state index is 9.85. The molecule has 0 spiro atoms. The summed E-state index contributed by atoms with van der Waals surface area (Å²) in [6.45, 7) is 2.66. The predicted octanol–water partition coefficient (Wildman–Crippen LogP) is 0.0408. The lowest BCUT2D eigenvalue weighted by Crippen LogP contribution is -2.16. The molecule has 0 aliphatic carbocycles. The molecule has 0 aromatic heterocycles. The zero-order valence-electron chi connectivity index (χ0n) is 4.77. The smallest absolute Gasteiger partial charge is 0.124 e. The lowest BCUT2D eigenvalue weighted by molar-refractivity contribution is -0.110. The molecule has 0 saturated carbocycles. The highest BCUT2D eigenvalue weighted by Gasteiger charge is 1.92. The minimum Gasteiger partial charge on any atom is -0.319 e. The molecule has 1 atom stereocenters. The van der Waals surface area contributed by atoms with Gasteiger partial charge in [-0.2, -0.15) is 0 Å². The highest BCUT2D eigenvalue weighted by Crippen LogP contribution is 1.81. The zero-order chi connectivity index (χ0) is 5.70. The Hall–Kier alpha value is -0.370. The van der Waals surface area contributed by atoms with E-state index in [2.05, 4.69) is 5.32 Å². The average Bonchev–Trinajstić information content (AvgIpc) is 1.68. The minimum absolute atomic E-state index is 0.157. The molecule has 0 aliphatic heterocycles. The number of hydrogen-bond donors (Lipinski definition) is 1. The topological polar surface area (TPSA) is 29.1 Å². The molecule has 0 aromatic carbocycles. The fourth-order valence-corrected chi connectivity index (χ4v) is 0.370. The largest absolute Gasteiger partial charge is 0.319 e. The number of aldehydes is 1. The Morgan fingerprint density at radius 3 is 2.57 bits per heavy atom. The molecule has 0 saturated heterocycles. The van der Waals surface area contributed by atoms with Crippen molar-refractivity contribution in [2.75, 3.05) is 13.6 Å². The first-order valence-electron chi connectivity index (χ1n) is 2.41. The molecule has 0 aliphatic rings. The molecule has 2 heteroatoms. The van der Waals surface area contributed by atoms with E-state index in [4.69, 9.17) is 0 Å². The van der Waals surface area contributed by atoms with Crippen LogP contribution in [0.25, 0.3) is 0 Å². The van der Waals surface area contributed by atoms with Crippen LogP contribution in [-0.2, 0) is 4.79 Å². The summed E-state index contributed by atoms with van der Waals surface area (Å²) in [4.78, 5) is 9.85. The van der Waals surface area contributed by atoms with Crippen LogP contribution >= 0.6 is 0 Å². The molecule has 7 heavy (non-hydrogen) atoms. The number of nitrogens with one attached hydrogen (secondary N) is 1. The third kappa shape index (κ3) is 3.46. The SMILES string of the molecule is CNCC(C)C=O. The van der Waals surface area contributed by atoms with Gasteiger partial charge in [0.15, 0.2) is 0 Å². The van der Waals surface area contributed by atoms with Gasteiger partial charge in [-0.3, -0.25) is 0 Å². The molecular weight excluding hydrogens is 90.1 g/mol. The number of hydrogen-bond acceptors (Lipinski definition) is 2. The summed E-state index contributed by atoms with van der Waals surface area (Å²) in [6.07, 6.45) is 0.941. The molecule has 0 rings (SSSR count). The molecule has 2 nitrogen and oxygen atoms in total. The number of rotatable bonds is 3. The van der Waals surface area contributed by atoms with E-state index in [-0.39, 0.29) is 5.92 Å². The summed E-state index contributed by atoms with van der Waals surface area (Å²) < 4.78 is 0. The van der Waals surface area contributed by atoms with E-state index >= 15 is 0 Å². The van der Waals surface area contributed by atoms with Crippen molar-refractivity contribution >= 4 is 6.29 Å². The fraction of sp³-hybridized carbons (Fsp3) is 0.800. The Morgan fingerprint density at radius 1 is 1.86 bits per heavy atom. The van der Waals surface area contributed by atoms with Crippen molar-refractivity contribution in [3.05, 3.63) is 0 Å². The van der Waals surface area contributed by atoms with Crippen LogP contribution in [-0.4, -0.2) is 19.9 Å². The molecular formula is C5H11NO. The Kier molecular flexibility index (Phi) is 3.61. The van der Waals surface area contributed by atoms with Gasteiger partial charge in [0.25, 0.3) is 0 Å². The lowest BCUT2D eigenvalue weighted by Gasteiger charge is -1.97. The first kappa shape index (κ1) is 6.63. The van der Waals surface area contributed by atoms with E-state index < -0.39 is 0 Å². The second-order valence-corrected chi connectivity index (χ2v) is 1.67. The first-order valence-corrected chi connectivity index (χ1v) is 2.41. The third-order valence-electron chi connectivity index (χ3n) is 0.758. The van der Waals surface area contributed by atoms with Gasteiger partial charge >= 0.3 is 0 Å². The van der Waals surface area contributed by atoms with Crippen molar-refractivity contribution in [2.45, 2.75) is 6.92 Å². The second-order valence-electron chi connectivity index (χ2n) is 1.67. The summed E-state index contributed by atoms with van der Waals surface area (Å²) in [5.41, 5.74) is 0. The molecule has 42 valence electrons. The van der Waals surface area contributed by atoms with Gasteiger partial charge in [-0.05, 0) is 7.05 Å². The highest BCUT2D eigenvalue weighted by atomic mass is 16.1. The Labute approximate surface area is 43.9 Å². The molecule has 0 heterocycles. The first-order chi connectivity index (χ1) is 3.31. The molecule has 0 amide bonds. The van der Waals surface area contributed by atoms with Crippen molar-refractivity contribution in [3.63, 3.8) is 0 Å². The van der Waals surface area contributed by atoms with Crippen LogP contribution in [0.5, 0.6) is 0 Å². The van der Waals surface area contributed by atoms with Crippen LogP contribution in [0, 0.1) is 5.92 Å². The minimum atomic E-state index is 0.157. The van der Waals surface area contributed by atoms with Crippen molar-refractivity contribution < 1.29 is 4.79 Å². The Balaban J connectivity index is 2.98. The van der Waals surface area contributed by atoms with Gasteiger partial charge < -0.3 is 10.1 Å². The van der Waals surface area contributed by atoms with Gasteiger partial charge in [0.05, 0.1) is 0 Å². The summed E-state index contributed by atoms with van der Waals surface area (Å²) in [6, 6.07) is 0. The van der Waals surface area contributed by atoms with Crippen LogP contribution < -0.4 is 5.32 Å². The maximum Gasteiger partial charge on any atom is 0.124 e. The van der Waals surface area contributed by atoms with Gasteiger partial charge in [-0.1, -0.05) is 6.92 Å². The zero-order valence-corrected chi connectivity index (χ0v) is 4.77. The van der Waals surface area contributed by atoms with Gasteiger partial charge in [-0.25, -0.2) is 0 Å². The summed E-state index contributed by atoms with van der Waals surface area (Å²) in [5, 5.41) is 2.89. The maximum atomic E-state index is 9.85. The number of carbonyl (C=O) groups excluding carboxylic acids is 1. The molecule has 0 radical (unpaired) electrons. The average molecular weight is 101 g/mol. The monoisotopic (exact) mass is 101 g/mol. The Bertz CT molecular complexity index is 54.0. The van der Waals surface area contributed by atoms with E-state index in [0.29, 0.717) is 0 Å². The van der Waals surface area contributed by atoms with E-state index in [1.807, 2.05) is 14.0 Å². The summed E-state index contributed by atoms with van der Waals surface area (Å²) >= 11 is 0. The molecule has 0 aromatic rings. The summed E-state index contributed by atoms with van der Waals surface area (Å²) in [7, 11) is 1.83. The van der Waals surface area contributed by atoms with E-state index in [9.17, 15) is 4.79 Å². The normalized spacial score (nSPS) is 13.4. The third-order valence-corrected chi connectivity index (χ3v) is 0.758. The molecule has 0 fully saturated rings. The standard InChI is InChI=1S/C5H11NO/c1-5(4-7)3-6-2/h4-6H,3H2,1-2H3. The Morgan fingerprint density at radius 2 is 2.43 bits per heavy atom. The van der Waals surface area contributed by atoms with Gasteiger partial charge in [0, 0.05) is 12.5 Å². The number of carbonyl (C=O) groups is 1. The molecule has 0 bridgehead atoms. The van der Waals surface area contributed by atoms with Crippen molar-refractivity contribution in [2.24, 2.45) is 5.92 Å². The van der Waals surface area contributed by atoms with Gasteiger partial charge in [0.1, 0.15) is 6.29 Å². The fourth-order valence-electron chi connectivity index (χ4n) is 0.370. The lowest BCUT2D eigenvalue weighted by atomic mass is 10.2. The van der Waals surface area contributed by atoms with Crippen molar-refractivity contribution in [1.29, 1.82) is 0 Å². The van der Waals surface area contributed by atoms with E-state index in [0.717, 1.165) is 12.8 Å².